The highest BCUT2D eigenvalue weighted by Gasteiger charge is 2.28. The predicted octanol–water partition coefficient (Wildman–Crippen LogP) is 3.94. The number of nitrogens with zero attached hydrogens (tertiary/aromatic N) is 2. The Bertz CT molecular complexity index is 723. The summed E-state index contributed by atoms with van der Waals surface area (Å²) in [6.45, 7) is 7.55. The van der Waals surface area contributed by atoms with E-state index in [4.69, 9.17) is 4.74 Å². The van der Waals surface area contributed by atoms with Gasteiger partial charge >= 0.3 is 6.09 Å². The minimum atomic E-state index is -0.478. The summed E-state index contributed by atoms with van der Waals surface area (Å²) in [6, 6.07) is 10.1. The molecule has 1 amide bonds. The number of aromatic nitrogens is 1. The first-order valence-electron chi connectivity index (χ1n) is 8.14. The first kappa shape index (κ1) is 16.3. The molecule has 24 heavy (non-hydrogen) atoms. The third-order valence-electron chi connectivity index (χ3n) is 3.87. The summed E-state index contributed by atoms with van der Waals surface area (Å²) in [7, 11) is 0. The van der Waals surface area contributed by atoms with Gasteiger partial charge in [0.15, 0.2) is 0 Å². The van der Waals surface area contributed by atoms with Crippen LogP contribution in [-0.2, 0) is 24.4 Å². The van der Waals surface area contributed by atoms with Gasteiger partial charge in [-0.3, -0.25) is 9.88 Å². The van der Waals surface area contributed by atoms with Gasteiger partial charge in [0, 0.05) is 31.2 Å². The van der Waals surface area contributed by atoms with Gasteiger partial charge in [-0.1, -0.05) is 12.1 Å². The van der Waals surface area contributed by atoms with Crippen LogP contribution in [0.3, 0.4) is 0 Å². The van der Waals surface area contributed by atoms with Crippen molar-refractivity contribution >= 4 is 11.8 Å². The van der Waals surface area contributed by atoms with Crippen LogP contribution in [0.25, 0.3) is 0 Å². The van der Waals surface area contributed by atoms with E-state index >= 15 is 0 Å². The molecule has 0 bridgehead atoms. The van der Waals surface area contributed by atoms with Gasteiger partial charge in [-0.15, -0.1) is 0 Å². The van der Waals surface area contributed by atoms with Crippen LogP contribution < -0.4 is 5.32 Å². The molecule has 2 heterocycles. The van der Waals surface area contributed by atoms with Crippen molar-refractivity contribution in [2.45, 2.75) is 46.0 Å². The van der Waals surface area contributed by atoms with E-state index in [0.29, 0.717) is 13.1 Å². The number of hydrogen-bond acceptors (Lipinski definition) is 4. The fourth-order valence-corrected chi connectivity index (χ4v) is 2.74. The maximum absolute atomic E-state index is 12.3. The molecule has 5 heteroatoms. The first-order chi connectivity index (χ1) is 11.4. The Morgan fingerprint density at radius 1 is 1.21 bits per heavy atom. The minimum Gasteiger partial charge on any atom is -0.444 e. The molecule has 1 aliphatic rings. The number of pyridine rings is 1. The van der Waals surface area contributed by atoms with Crippen molar-refractivity contribution in [2.24, 2.45) is 0 Å². The molecule has 126 valence electrons. The van der Waals surface area contributed by atoms with Crippen molar-refractivity contribution in [3.8, 4) is 0 Å². The Morgan fingerprint density at radius 3 is 2.67 bits per heavy atom. The molecule has 2 aromatic rings. The molecule has 1 aromatic carbocycles. The van der Waals surface area contributed by atoms with Crippen LogP contribution in [0.2, 0.25) is 0 Å². The van der Waals surface area contributed by atoms with Crippen molar-refractivity contribution in [1.82, 2.24) is 9.88 Å². The zero-order valence-corrected chi connectivity index (χ0v) is 14.4. The third kappa shape index (κ3) is 3.85. The van der Waals surface area contributed by atoms with E-state index in [1.807, 2.05) is 39.0 Å². The SMILES string of the molecule is CC(C)(C)OC(=O)N1Cc2cccc(NCc3ccncc3)c2C1. The lowest BCUT2D eigenvalue weighted by Crippen LogP contribution is -2.33. The Balaban J connectivity index is 1.69. The topological polar surface area (TPSA) is 54.5 Å². The zero-order valence-electron chi connectivity index (χ0n) is 14.4. The minimum absolute atomic E-state index is 0.265. The molecule has 0 spiro atoms. The van der Waals surface area contributed by atoms with Gasteiger partial charge in [0.25, 0.3) is 0 Å². The van der Waals surface area contributed by atoms with Crippen molar-refractivity contribution in [2.75, 3.05) is 5.32 Å². The van der Waals surface area contributed by atoms with Crippen molar-refractivity contribution in [3.63, 3.8) is 0 Å². The highest BCUT2D eigenvalue weighted by atomic mass is 16.6. The van der Waals surface area contributed by atoms with E-state index in [9.17, 15) is 4.79 Å². The van der Waals surface area contributed by atoms with E-state index in [1.54, 1.807) is 17.3 Å². The van der Waals surface area contributed by atoms with Crippen LogP contribution in [-0.4, -0.2) is 21.6 Å². The molecule has 1 aliphatic heterocycles. The maximum atomic E-state index is 12.3. The van der Waals surface area contributed by atoms with Crippen LogP contribution in [0.4, 0.5) is 10.5 Å². The largest absolute Gasteiger partial charge is 0.444 e. The molecule has 0 atom stereocenters. The van der Waals surface area contributed by atoms with Crippen LogP contribution >= 0.6 is 0 Å². The molecule has 1 N–H and O–H groups in total. The normalized spacial score (nSPS) is 13.5. The number of nitrogens with one attached hydrogen (secondary N) is 1. The quantitative estimate of drug-likeness (QED) is 0.928. The molecule has 0 saturated carbocycles. The van der Waals surface area contributed by atoms with Crippen LogP contribution in [0, 0.1) is 0 Å². The summed E-state index contributed by atoms with van der Waals surface area (Å²) < 4.78 is 5.48. The fraction of sp³-hybridized carbons (Fsp3) is 0.368. The third-order valence-corrected chi connectivity index (χ3v) is 3.87. The summed E-state index contributed by atoms with van der Waals surface area (Å²) >= 11 is 0. The van der Waals surface area contributed by atoms with E-state index in [1.165, 1.54) is 11.1 Å². The first-order valence-corrected chi connectivity index (χ1v) is 8.14. The number of benzene rings is 1. The molecule has 1 aromatic heterocycles. The summed E-state index contributed by atoms with van der Waals surface area (Å²) in [5, 5.41) is 3.46. The van der Waals surface area contributed by atoms with E-state index in [0.717, 1.165) is 17.8 Å². The Labute approximate surface area is 142 Å². The molecule has 0 saturated heterocycles. The van der Waals surface area contributed by atoms with Crippen LogP contribution in [0.5, 0.6) is 0 Å². The Morgan fingerprint density at radius 2 is 1.96 bits per heavy atom. The number of carbonyl (C=O) groups excluding carboxylic acids is 1. The van der Waals surface area contributed by atoms with Crippen molar-refractivity contribution in [1.29, 1.82) is 0 Å². The molecule has 0 radical (unpaired) electrons. The summed E-state index contributed by atoms with van der Waals surface area (Å²) in [6.07, 6.45) is 3.31. The van der Waals surface area contributed by atoms with Gasteiger partial charge in [0.2, 0.25) is 0 Å². The smallest absolute Gasteiger partial charge is 0.410 e. The van der Waals surface area contributed by atoms with Gasteiger partial charge < -0.3 is 10.1 Å². The van der Waals surface area contributed by atoms with Crippen LogP contribution in [0.15, 0.2) is 42.7 Å². The molecule has 3 rings (SSSR count). The summed E-state index contributed by atoms with van der Waals surface area (Å²) in [4.78, 5) is 18.1. The Kier molecular flexibility index (Phi) is 4.42. The second-order valence-corrected chi connectivity index (χ2v) is 6.99. The van der Waals surface area contributed by atoms with E-state index in [2.05, 4.69) is 22.4 Å². The summed E-state index contributed by atoms with van der Waals surface area (Å²) in [5.74, 6) is 0. The van der Waals surface area contributed by atoms with Gasteiger partial charge in [-0.25, -0.2) is 4.79 Å². The van der Waals surface area contributed by atoms with Crippen LogP contribution in [0.1, 0.15) is 37.5 Å². The number of anilines is 1. The molecule has 0 aliphatic carbocycles. The second kappa shape index (κ2) is 6.51. The standard InChI is InChI=1S/C19H23N3O2/c1-19(2,3)24-18(23)22-12-15-5-4-6-17(16(15)13-22)21-11-14-7-9-20-10-8-14/h4-10,21H,11-13H2,1-3H3. The van der Waals surface area contributed by atoms with Crippen molar-refractivity contribution in [3.05, 3.63) is 59.4 Å². The molecular formula is C19H23N3O2. The van der Waals surface area contributed by atoms with Gasteiger partial charge in [0.05, 0.1) is 6.54 Å². The lowest BCUT2D eigenvalue weighted by atomic mass is 10.1. The fourth-order valence-electron chi connectivity index (χ4n) is 2.74. The molecule has 0 fully saturated rings. The highest BCUT2D eigenvalue weighted by molar-refractivity contribution is 5.71. The second-order valence-electron chi connectivity index (χ2n) is 6.99. The molecular weight excluding hydrogens is 302 g/mol. The Hall–Kier alpha value is -2.56. The average Bonchev–Trinajstić information content (AvgIpc) is 2.97. The highest BCUT2D eigenvalue weighted by Crippen LogP contribution is 2.30. The van der Waals surface area contributed by atoms with Gasteiger partial charge in [-0.2, -0.15) is 0 Å². The number of rotatable bonds is 3. The average molecular weight is 325 g/mol. The number of ether oxygens (including phenoxy) is 1. The number of amides is 1. The number of carbonyl (C=O) groups is 1. The summed E-state index contributed by atoms with van der Waals surface area (Å²) in [5.41, 5.74) is 4.09. The van der Waals surface area contributed by atoms with Gasteiger partial charge in [-0.05, 0) is 55.7 Å². The molecule has 0 unspecified atom stereocenters. The van der Waals surface area contributed by atoms with Crippen molar-refractivity contribution < 1.29 is 9.53 Å². The molecule has 5 nitrogen and oxygen atoms in total. The van der Waals surface area contributed by atoms with E-state index < -0.39 is 5.60 Å². The number of hydrogen-bond donors (Lipinski definition) is 1. The number of fused-ring (bicyclic) bond motifs is 1. The monoisotopic (exact) mass is 325 g/mol. The predicted molar refractivity (Wildman–Crippen MR) is 93.5 cm³/mol. The van der Waals surface area contributed by atoms with Gasteiger partial charge in [0.1, 0.15) is 5.60 Å². The van der Waals surface area contributed by atoms with E-state index in [-0.39, 0.29) is 6.09 Å². The lowest BCUT2D eigenvalue weighted by Gasteiger charge is -2.24. The maximum Gasteiger partial charge on any atom is 0.410 e. The zero-order chi connectivity index (χ0) is 17.2. The lowest BCUT2D eigenvalue weighted by molar-refractivity contribution is 0.0242.